The van der Waals surface area contributed by atoms with E-state index in [1.807, 2.05) is 0 Å². The van der Waals surface area contributed by atoms with Gasteiger partial charge >= 0.3 is 0 Å². The minimum atomic E-state index is -3.34. The first kappa shape index (κ1) is 15.5. The Hall–Kier alpha value is -1.36. The quantitative estimate of drug-likeness (QED) is 0.860. The lowest BCUT2D eigenvalue weighted by Crippen LogP contribution is -2.43. The van der Waals surface area contributed by atoms with Gasteiger partial charge in [0.25, 0.3) is 10.2 Å². The molecular weight excluding hydrogens is 326 g/mol. The van der Waals surface area contributed by atoms with Crippen molar-refractivity contribution in [3.05, 3.63) is 28.3 Å². The Kier molecular flexibility index (Phi) is 4.52. The summed E-state index contributed by atoms with van der Waals surface area (Å²) in [7, 11) is -1.92. The second kappa shape index (κ2) is 6.41. The molecule has 0 atom stereocenters. The molecule has 0 spiro atoms. The normalized spacial score (nSPS) is 17.9. The first-order chi connectivity index (χ1) is 10.6. The third kappa shape index (κ3) is 3.35. The summed E-state index contributed by atoms with van der Waals surface area (Å²) in [5.41, 5.74) is 1.77. The lowest BCUT2D eigenvalue weighted by Gasteiger charge is -2.28. The summed E-state index contributed by atoms with van der Waals surface area (Å²) in [4.78, 5) is 9.54. The van der Waals surface area contributed by atoms with Crippen molar-refractivity contribution in [2.75, 3.05) is 20.1 Å². The molecule has 3 rings (SSSR count). The van der Waals surface area contributed by atoms with Crippen LogP contribution in [0.15, 0.2) is 16.2 Å². The Bertz CT molecular complexity index is 705. The zero-order valence-corrected chi connectivity index (χ0v) is 13.7. The van der Waals surface area contributed by atoms with E-state index >= 15 is 0 Å². The molecule has 1 aliphatic heterocycles. The summed E-state index contributed by atoms with van der Waals surface area (Å²) < 4.78 is 32.6. The van der Waals surface area contributed by atoms with Crippen molar-refractivity contribution < 1.29 is 12.9 Å². The van der Waals surface area contributed by atoms with Gasteiger partial charge in [0.15, 0.2) is 5.82 Å². The number of thiazole rings is 1. The molecule has 8 nitrogen and oxygen atoms in total. The van der Waals surface area contributed by atoms with E-state index in [0.717, 1.165) is 4.88 Å². The number of rotatable bonds is 5. The SMILES string of the molecule is CNS(=O)(=O)N1CCC(c2nc(Cc3cncs3)no2)CC1. The van der Waals surface area contributed by atoms with Crippen molar-refractivity contribution in [1.82, 2.24) is 24.2 Å². The van der Waals surface area contributed by atoms with Crippen LogP contribution in [0.1, 0.15) is 35.4 Å². The maximum atomic E-state index is 11.7. The van der Waals surface area contributed by atoms with E-state index in [-0.39, 0.29) is 5.92 Å². The molecule has 22 heavy (non-hydrogen) atoms. The Balaban J connectivity index is 1.61. The molecule has 120 valence electrons. The standard InChI is InChI=1S/C12H17N5O3S2/c1-13-22(18,19)17-4-2-9(3-5-17)12-15-11(16-20-12)6-10-7-14-8-21-10/h7-9,13H,2-6H2,1H3. The van der Waals surface area contributed by atoms with Gasteiger partial charge in [0.2, 0.25) is 5.89 Å². The maximum absolute atomic E-state index is 11.7. The average molecular weight is 343 g/mol. The van der Waals surface area contributed by atoms with Crippen LogP contribution in [-0.4, -0.2) is 48.0 Å². The molecule has 10 heteroatoms. The monoisotopic (exact) mass is 343 g/mol. The fourth-order valence-corrected chi connectivity index (χ4v) is 4.00. The van der Waals surface area contributed by atoms with Crippen LogP contribution < -0.4 is 4.72 Å². The number of piperidine rings is 1. The van der Waals surface area contributed by atoms with Gasteiger partial charge in [-0.1, -0.05) is 5.16 Å². The predicted octanol–water partition coefficient (Wildman–Crippen LogP) is 0.760. The minimum Gasteiger partial charge on any atom is -0.339 e. The number of nitrogens with one attached hydrogen (secondary N) is 1. The first-order valence-electron chi connectivity index (χ1n) is 6.97. The van der Waals surface area contributed by atoms with Crippen LogP contribution in [0.2, 0.25) is 0 Å². The number of aromatic nitrogens is 3. The Morgan fingerprint density at radius 2 is 2.23 bits per heavy atom. The second-order valence-electron chi connectivity index (χ2n) is 5.08. The van der Waals surface area contributed by atoms with Crippen LogP contribution in [0.25, 0.3) is 0 Å². The summed E-state index contributed by atoms with van der Waals surface area (Å²) in [6.07, 6.45) is 3.77. The highest BCUT2D eigenvalue weighted by molar-refractivity contribution is 7.87. The Morgan fingerprint density at radius 3 is 2.86 bits per heavy atom. The lowest BCUT2D eigenvalue weighted by molar-refractivity contribution is 0.269. The van der Waals surface area contributed by atoms with Gasteiger partial charge in [0.1, 0.15) is 0 Å². The molecule has 0 radical (unpaired) electrons. The maximum Gasteiger partial charge on any atom is 0.279 e. The van der Waals surface area contributed by atoms with Crippen molar-refractivity contribution in [1.29, 1.82) is 0 Å². The topological polar surface area (TPSA) is 101 Å². The third-order valence-corrected chi connectivity index (χ3v) is 6.04. The predicted molar refractivity (Wildman–Crippen MR) is 80.7 cm³/mol. The molecule has 0 saturated carbocycles. The number of nitrogens with zero attached hydrogens (tertiary/aromatic N) is 4. The van der Waals surface area contributed by atoms with Crippen molar-refractivity contribution in [2.45, 2.75) is 25.2 Å². The van der Waals surface area contributed by atoms with E-state index in [1.165, 1.54) is 11.4 Å². The van der Waals surface area contributed by atoms with Crippen molar-refractivity contribution >= 4 is 21.5 Å². The first-order valence-corrected chi connectivity index (χ1v) is 9.29. The highest BCUT2D eigenvalue weighted by atomic mass is 32.2. The largest absolute Gasteiger partial charge is 0.339 e. The molecule has 1 fully saturated rings. The van der Waals surface area contributed by atoms with Crippen LogP contribution in [-0.2, 0) is 16.6 Å². The van der Waals surface area contributed by atoms with E-state index in [2.05, 4.69) is 19.8 Å². The molecule has 1 N–H and O–H groups in total. The van der Waals surface area contributed by atoms with E-state index in [9.17, 15) is 8.42 Å². The molecule has 0 aliphatic carbocycles. The van der Waals surface area contributed by atoms with Gasteiger partial charge in [-0.15, -0.1) is 11.3 Å². The average Bonchev–Trinajstić information content (AvgIpc) is 3.20. The zero-order chi connectivity index (χ0) is 15.6. The van der Waals surface area contributed by atoms with Gasteiger partial charge in [0, 0.05) is 43.5 Å². The molecule has 0 unspecified atom stereocenters. The van der Waals surface area contributed by atoms with Crippen LogP contribution in [0.5, 0.6) is 0 Å². The lowest BCUT2D eigenvalue weighted by atomic mass is 9.98. The zero-order valence-electron chi connectivity index (χ0n) is 12.1. The summed E-state index contributed by atoms with van der Waals surface area (Å²) in [6.45, 7) is 0.917. The van der Waals surface area contributed by atoms with E-state index in [1.54, 1.807) is 23.0 Å². The fourth-order valence-electron chi connectivity index (χ4n) is 2.46. The highest BCUT2D eigenvalue weighted by Gasteiger charge is 2.30. The molecule has 2 aromatic rings. The van der Waals surface area contributed by atoms with Crippen molar-refractivity contribution in [3.8, 4) is 0 Å². The molecule has 2 aromatic heterocycles. The fraction of sp³-hybridized carbons (Fsp3) is 0.583. The number of hydrogen-bond donors (Lipinski definition) is 1. The summed E-state index contributed by atoms with van der Waals surface area (Å²) in [5.74, 6) is 1.36. The van der Waals surface area contributed by atoms with Crippen molar-refractivity contribution in [3.63, 3.8) is 0 Å². The molecule has 0 bridgehead atoms. The minimum absolute atomic E-state index is 0.117. The third-order valence-electron chi connectivity index (χ3n) is 3.70. The number of hydrogen-bond acceptors (Lipinski definition) is 7. The van der Waals surface area contributed by atoms with E-state index in [0.29, 0.717) is 44.1 Å². The van der Waals surface area contributed by atoms with Gasteiger partial charge in [-0.3, -0.25) is 4.98 Å². The van der Waals surface area contributed by atoms with E-state index in [4.69, 9.17) is 4.52 Å². The van der Waals surface area contributed by atoms with Gasteiger partial charge in [-0.25, -0.2) is 4.72 Å². The molecule has 1 saturated heterocycles. The van der Waals surface area contributed by atoms with Crippen LogP contribution in [0.3, 0.4) is 0 Å². The van der Waals surface area contributed by atoms with Crippen LogP contribution in [0, 0.1) is 0 Å². The Morgan fingerprint density at radius 1 is 1.45 bits per heavy atom. The molecule has 1 aliphatic rings. The van der Waals surface area contributed by atoms with Gasteiger partial charge in [-0.05, 0) is 12.8 Å². The van der Waals surface area contributed by atoms with Crippen molar-refractivity contribution in [2.24, 2.45) is 0 Å². The molecular formula is C12H17N5O3S2. The van der Waals surface area contributed by atoms with Gasteiger partial charge in [-0.2, -0.15) is 17.7 Å². The molecule has 0 amide bonds. The van der Waals surface area contributed by atoms with Gasteiger partial charge in [0.05, 0.1) is 5.51 Å². The van der Waals surface area contributed by atoms with Crippen LogP contribution in [0.4, 0.5) is 0 Å². The molecule has 0 aromatic carbocycles. The Labute approximate surface area is 132 Å². The van der Waals surface area contributed by atoms with E-state index < -0.39 is 10.2 Å². The highest BCUT2D eigenvalue weighted by Crippen LogP contribution is 2.28. The summed E-state index contributed by atoms with van der Waals surface area (Å²) in [6, 6.07) is 0. The van der Waals surface area contributed by atoms with Gasteiger partial charge < -0.3 is 4.52 Å². The second-order valence-corrected chi connectivity index (χ2v) is 7.92. The van der Waals surface area contributed by atoms with Crippen LogP contribution >= 0.6 is 11.3 Å². The summed E-state index contributed by atoms with van der Waals surface area (Å²) in [5, 5.41) is 4.00. The smallest absolute Gasteiger partial charge is 0.279 e. The summed E-state index contributed by atoms with van der Waals surface area (Å²) >= 11 is 1.56. The molecule has 3 heterocycles.